The first-order chi connectivity index (χ1) is 6.75. The highest BCUT2D eigenvalue weighted by molar-refractivity contribution is 5.81. The highest BCUT2D eigenvalue weighted by atomic mass is 16.5. The van der Waals surface area contributed by atoms with Crippen LogP contribution in [0.25, 0.3) is 0 Å². The summed E-state index contributed by atoms with van der Waals surface area (Å²) < 4.78 is 10.4. The maximum Gasteiger partial charge on any atom is 0.328 e. The molecule has 1 heterocycles. The molecule has 0 aromatic heterocycles. The van der Waals surface area contributed by atoms with Crippen molar-refractivity contribution in [2.75, 3.05) is 26.4 Å². The number of nitrogens with one attached hydrogen (secondary N) is 1. The number of carbonyl (C=O) groups is 1. The molecule has 1 N–H and O–H groups in total. The van der Waals surface area contributed by atoms with E-state index in [1.807, 2.05) is 13.8 Å². The highest BCUT2D eigenvalue weighted by Gasteiger charge is 2.40. The van der Waals surface area contributed by atoms with Gasteiger partial charge in [0.15, 0.2) is 0 Å². The van der Waals surface area contributed by atoms with Crippen molar-refractivity contribution in [1.82, 2.24) is 5.32 Å². The maximum absolute atomic E-state index is 11.7. The lowest BCUT2D eigenvalue weighted by atomic mass is 9.92. The molecule has 0 spiro atoms. The van der Waals surface area contributed by atoms with E-state index in [0.717, 1.165) is 26.0 Å². The molecule has 1 fully saturated rings. The van der Waals surface area contributed by atoms with Crippen LogP contribution in [0.15, 0.2) is 0 Å². The van der Waals surface area contributed by atoms with Gasteiger partial charge in [-0.05, 0) is 26.3 Å². The van der Waals surface area contributed by atoms with Gasteiger partial charge in [0.2, 0.25) is 0 Å². The Morgan fingerprint density at radius 3 is 2.86 bits per heavy atom. The molecule has 0 amide bonds. The van der Waals surface area contributed by atoms with Crippen molar-refractivity contribution >= 4 is 5.97 Å². The molecule has 1 atom stereocenters. The Bertz CT molecular complexity index is 182. The monoisotopic (exact) mass is 201 g/mol. The Labute approximate surface area is 85.0 Å². The van der Waals surface area contributed by atoms with Crippen LogP contribution in [0, 0.1) is 0 Å². The summed E-state index contributed by atoms with van der Waals surface area (Å²) >= 11 is 0. The van der Waals surface area contributed by atoms with Crippen molar-refractivity contribution in [2.45, 2.75) is 32.2 Å². The summed E-state index contributed by atoms with van der Waals surface area (Å²) in [6.07, 6.45) is 1.71. The van der Waals surface area contributed by atoms with Crippen LogP contribution < -0.4 is 5.32 Å². The number of hydrogen-bond acceptors (Lipinski definition) is 4. The van der Waals surface area contributed by atoms with Crippen LogP contribution in [-0.4, -0.2) is 37.9 Å². The molecular formula is C10H19NO3. The van der Waals surface area contributed by atoms with Crippen molar-refractivity contribution in [2.24, 2.45) is 0 Å². The van der Waals surface area contributed by atoms with Gasteiger partial charge < -0.3 is 14.8 Å². The lowest BCUT2D eigenvalue weighted by molar-refractivity contribution is -0.157. The fourth-order valence-corrected chi connectivity index (χ4v) is 1.77. The molecule has 1 aliphatic rings. The van der Waals surface area contributed by atoms with Crippen molar-refractivity contribution in [3.05, 3.63) is 0 Å². The topological polar surface area (TPSA) is 47.6 Å². The van der Waals surface area contributed by atoms with Crippen molar-refractivity contribution in [3.63, 3.8) is 0 Å². The summed E-state index contributed by atoms with van der Waals surface area (Å²) in [6.45, 7) is 6.15. The molecule has 4 heteroatoms. The Morgan fingerprint density at radius 2 is 2.36 bits per heavy atom. The van der Waals surface area contributed by atoms with Gasteiger partial charge in [-0.3, -0.25) is 0 Å². The molecule has 14 heavy (non-hydrogen) atoms. The van der Waals surface area contributed by atoms with Gasteiger partial charge in [-0.2, -0.15) is 0 Å². The third-order valence-corrected chi connectivity index (χ3v) is 2.42. The predicted octanol–water partition coefficient (Wildman–Crippen LogP) is 0.708. The van der Waals surface area contributed by atoms with Crippen molar-refractivity contribution < 1.29 is 14.3 Å². The van der Waals surface area contributed by atoms with Gasteiger partial charge in [0, 0.05) is 6.61 Å². The lowest BCUT2D eigenvalue weighted by Crippen LogP contribution is -2.58. The minimum absolute atomic E-state index is 0.179. The number of esters is 1. The smallest absolute Gasteiger partial charge is 0.328 e. The molecule has 0 aliphatic carbocycles. The van der Waals surface area contributed by atoms with Gasteiger partial charge in [0.25, 0.3) is 0 Å². The molecule has 4 nitrogen and oxygen atoms in total. The number of carbonyl (C=O) groups excluding carboxylic acids is 1. The molecule has 1 rings (SSSR count). The second kappa shape index (κ2) is 5.32. The van der Waals surface area contributed by atoms with Gasteiger partial charge in [-0.1, -0.05) is 6.92 Å². The quantitative estimate of drug-likeness (QED) is 0.680. The minimum atomic E-state index is -0.594. The van der Waals surface area contributed by atoms with Gasteiger partial charge in [0.05, 0.1) is 13.2 Å². The second-order valence-corrected chi connectivity index (χ2v) is 3.49. The zero-order valence-corrected chi connectivity index (χ0v) is 8.97. The van der Waals surface area contributed by atoms with E-state index in [1.54, 1.807) is 0 Å². The number of rotatable bonds is 4. The van der Waals surface area contributed by atoms with Crippen LogP contribution in [0.4, 0.5) is 0 Å². The zero-order valence-electron chi connectivity index (χ0n) is 8.97. The normalized spacial score (nSPS) is 27.3. The molecule has 82 valence electrons. The average Bonchev–Trinajstić information content (AvgIpc) is 2.20. The summed E-state index contributed by atoms with van der Waals surface area (Å²) in [4.78, 5) is 11.7. The Hall–Kier alpha value is -0.610. The van der Waals surface area contributed by atoms with Crippen LogP contribution in [0.1, 0.15) is 26.7 Å². The van der Waals surface area contributed by atoms with E-state index in [9.17, 15) is 4.79 Å². The van der Waals surface area contributed by atoms with Crippen LogP contribution in [0.3, 0.4) is 0 Å². The highest BCUT2D eigenvalue weighted by Crippen LogP contribution is 2.20. The van der Waals surface area contributed by atoms with Gasteiger partial charge >= 0.3 is 5.97 Å². The number of hydrogen-bond donors (Lipinski definition) is 1. The van der Waals surface area contributed by atoms with E-state index in [2.05, 4.69) is 5.32 Å². The largest absolute Gasteiger partial charge is 0.465 e. The molecule has 0 radical (unpaired) electrons. The Balaban J connectivity index is 2.63. The molecule has 1 saturated heterocycles. The summed E-state index contributed by atoms with van der Waals surface area (Å²) in [5.41, 5.74) is -0.594. The molecule has 0 saturated carbocycles. The van der Waals surface area contributed by atoms with E-state index < -0.39 is 5.54 Å². The van der Waals surface area contributed by atoms with Gasteiger partial charge in [0.1, 0.15) is 5.54 Å². The molecule has 0 bridgehead atoms. The van der Waals surface area contributed by atoms with E-state index in [4.69, 9.17) is 9.47 Å². The lowest BCUT2D eigenvalue weighted by Gasteiger charge is -2.35. The Kier molecular flexibility index (Phi) is 4.35. The SMILES string of the molecule is CCNC1(C(=O)OCC)CCCOC1. The number of ether oxygens (including phenoxy) is 2. The van der Waals surface area contributed by atoms with Crippen LogP contribution >= 0.6 is 0 Å². The maximum atomic E-state index is 11.7. The Morgan fingerprint density at radius 1 is 1.57 bits per heavy atom. The zero-order chi connectivity index (χ0) is 10.4. The van der Waals surface area contributed by atoms with E-state index in [1.165, 1.54) is 0 Å². The molecule has 0 aromatic carbocycles. The summed E-state index contributed by atoms with van der Waals surface area (Å²) in [5, 5.41) is 3.18. The third kappa shape index (κ3) is 2.45. The van der Waals surface area contributed by atoms with E-state index >= 15 is 0 Å². The van der Waals surface area contributed by atoms with Gasteiger partial charge in [-0.15, -0.1) is 0 Å². The third-order valence-electron chi connectivity index (χ3n) is 2.42. The first kappa shape index (κ1) is 11.5. The summed E-state index contributed by atoms with van der Waals surface area (Å²) in [6, 6.07) is 0. The van der Waals surface area contributed by atoms with E-state index in [0.29, 0.717) is 13.2 Å². The first-order valence-electron chi connectivity index (χ1n) is 5.25. The van der Waals surface area contributed by atoms with Crippen LogP contribution in [0.5, 0.6) is 0 Å². The fourth-order valence-electron chi connectivity index (χ4n) is 1.77. The minimum Gasteiger partial charge on any atom is -0.465 e. The van der Waals surface area contributed by atoms with Gasteiger partial charge in [-0.25, -0.2) is 4.79 Å². The number of likely N-dealkylation sites (N-methyl/N-ethyl adjacent to an activating group) is 1. The first-order valence-corrected chi connectivity index (χ1v) is 5.25. The van der Waals surface area contributed by atoms with Crippen molar-refractivity contribution in [1.29, 1.82) is 0 Å². The molecule has 0 aromatic rings. The fraction of sp³-hybridized carbons (Fsp3) is 0.900. The molecule has 1 unspecified atom stereocenters. The second-order valence-electron chi connectivity index (χ2n) is 3.49. The standard InChI is InChI=1S/C10H19NO3/c1-3-11-10(9(12)14-4-2)6-5-7-13-8-10/h11H,3-8H2,1-2H3. The van der Waals surface area contributed by atoms with Crippen LogP contribution in [0.2, 0.25) is 0 Å². The van der Waals surface area contributed by atoms with E-state index in [-0.39, 0.29) is 5.97 Å². The summed E-state index contributed by atoms with van der Waals surface area (Å²) in [7, 11) is 0. The molecule has 1 aliphatic heterocycles. The van der Waals surface area contributed by atoms with Crippen LogP contribution in [-0.2, 0) is 14.3 Å². The molecular weight excluding hydrogens is 182 g/mol. The predicted molar refractivity (Wildman–Crippen MR) is 53.1 cm³/mol. The summed E-state index contributed by atoms with van der Waals surface area (Å²) in [5.74, 6) is -0.179. The van der Waals surface area contributed by atoms with Crippen molar-refractivity contribution in [3.8, 4) is 0 Å². The average molecular weight is 201 g/mol.